The van der Waals surface area contributed by atoms with Crippen LogP contribution in [-0.2, 0) is 19.0 Å². The SMILES string of the molecule is COC(=O)N1CCC(CC(=O)OC(=O)OCC(C)C)CC1. The van der Waals surface area contributed by atoms with Gasteiger partial charge in [-0.3, -0.25) is 4.79 Å². The van der Waals surface area contributed by atoms with Crippen molar-refractivity contribution in [1.29, 1.82) is 0 Å². The number of hydrogen-bond acceptors (Lipinski definition) is 6. The first-order valence-electron chi connectivity index (χ1n) is 7.12. The van der Waals surface area contributed by atoms with Crippen LogP contribution in [0.25, 0.3) is 0 Å². The minimum absolute atomic E-state index is 0.108. The Hall–Kier alpha value is -1.79. The lowest BCUT2D eigenvalue weighted by molar-refractivity contribution is -0.141. The summed E-state index contributed by atoms with van der Waals surface area (Å²) in [5, 5.41) is 0. The van der Waals surface area contributed by atoms with Crippen LogP contribution in [0, 0.1) is 11.8 Å². The summed E-state index contributed by atoms with van der Waals surface area (Å²) in [5.74, 6) is -0.285. The molecule has 0 spiro atoms. The van der Waals surface area contributed by atoms with Crippen molar-refractivity contribution in [2.75, 3.05) is 26.8 Å². The average Bonchev–Trinajstić information content (AvgIpc) is 2.45. The van der Waals surface area contributed by atoms with Crippen LogP contribution in [0.3, 0.4) is 0 Å². The fraction of sp³-hybridized carbons (Fsp3) is 0.786. The van der Waals surface area contributed by atoms with Crippen LogP contribution in [0.5, 0.6) is 0 Å². The van der Waals surface area contributed by atoms with E-state index in [4.69, 9.17) is 4.74 Å². The molecule has 1 aliphatic rings. The molecule has 0 N–H and O–H groups in total. The standard InChI is InChI=1S/C14H23NO6/c1-10(2)9-20-14(18)21-12(16)8-11-4-6-15(7-5-11)13(17)19-3/h10-11H,4-9H2,1-3H3. The average molecular weight is 301 g/mol. The van der Waals surface area contributed by atoms with Gasteiger partial charge in [-0.25, -0.2) is 9.59 Å². The Morgan fingerprint density at radius 3 is 2.33 bits per heavy atom. The summed E-state index contributed by atoms with van der Waals surface area (Å²) < 4.78 is 14.0. The van der Waals surface area contributed by atoms with Gasteiger partial charge in [-0.15, -0.1) is 0 Å². The lowest BCUT2D eigenvalue weighted by Gasteiger charge is -2.30. The zero-order valence-electron chi connectivity index (χ0n) is 12.8. The number of hydrogen-bond donors (Lipinski definition) is 0. The summed E-state index contributed by atoms with van der Waals surface area (Å²) in [7, 11) is 1.34. The summed E-state index contributed by atoms with van der Waals surface area (Å²) in [5.41, 5.74) is 0. The third-order valence-corrected chi connectivity index (χ3v) is 3.23. The number of piperidine rings is 1. The smallest absolute Gasteiger partial charge is 0.453 e. The Bertz CT molecular complexity index is 374. The first-order valence-corrected chi connectivity index (χ1v) is 7.12. The molecule has 120 valence electrons. The third-order valence-electron chi connectivity index (χ3n) is 3.23. The summed E-state index contributed by atoms with van der Waals surface area (Å²) in [6, 6.07) is 0. The monoisotopic (exact) mass is 301 g/mol. The molecule has 1 rings (SSSR count). The van der Waals surface area contributed by atoms with Gasteiger partial charge in [0, 0.05) is 19.5 Å². The molecule has 0 aliphatic carbocycles. The van der Waals surface area contributed by atoms with Gasteiger partial charge in [-0.1, -0.05) is 13.8 Å². The molecular weight excluding hydrogens is 278 g/mol. The van der Waals surface area contributed by atoms with Crippen LogP contribution in [0.1, 0.15) is 33.1 Å². The maximum atomic E-state index is 11.6. The van der Waals surface area contributed by atoms with Crippen molar-refractivity contribution in [3.63, 3.8) is 0 Å². The number of ether oxygens (including phenoxy) is 3. The molecule has 7 nitrogen and oxygen atoms in total. The summed E-state index contributed by atoms with van der Waals surface area (Å²) in [4.78, 5) is 35.8. The van der Waals surface area contributed by atoms with Gasteiger partial charge in [0.25, 0.3) is 0 Å². The van der Waals surface area contributed by atoms with Gasteiger partial charge in [-0.05, 0) is 24.7 Å². The second-order valence-corrected chi connectivity index (χ2v) is 5.53. The second-order valence-electron chi connectivity index (χ2n) is 5.53. The van der Waals surface area contributed by atoms with Gasteiger partial charge >= 0.3 is 18.2 Å². The molecular formula is C14H23NO6. The highest BCUT2D eigenvalue weighted by Crippen LogP contribution is 2.21. The molecule has 0 atom stereocenters. The van der Waals surface area contributed by atoms with E-state index in [9.17, 15) is 14.4 Å². The van der Waals surface area contributed by atoms with Crippen LogP contribution >= 0.6 is 0 Å². The van der Waals surface area contributed by atoms with Gasteiger partial charge in [0.1, 0.15) is 0 Å². The van der Waals surface area contributed by atoms with Crippen molar-refractivity contribution >= 4 is 18.2 Å². The molecule has 1 aliphatic heterocycles. The number of nitrogens with zero attached hydrogens (tertiary/aromatic N) is 1. The predicted molar refractivity (Wildman–Crippen MR) is 73.6 cm³/mol. The van der Waals surface area contributed by atoms with Crippen LogP contribution in [0.15, 0.2) is 0 Å². The Labute approximate surface area is 124 Å². The summed E-state index contributed by atoms with van der Waals surface area (Å²) >= 11 is 0. The number of carbonyl (C=O) groups is 3. The molecule has 0 radical (unpaired) electrons. The Balaban J connectivity index is 2.24. The Morgan fingerprint density at radius 1 is 1.19 bits per heavy atom. The first-order chi connectivity index (χ1) is 9.92. The van der Waals surface area contributed by atoms with Crippen molar-refractivity contribution in [3.8, 4) is 0 Å². The largest absolute Gasteiger partial charge is 0.516 e. The Kier molecular flexibility index (Phi) is 6.98. The van der Waals surface area contributed by atoms with Crippen LogP contribution in [0.2, 0.25) is 0 Å². The van der Waals surface area contributed by atoms with E-state index in [1.807, 2.05) is 13.8 Å². The van der Waals surface area contributed by atoms with E-state index >= 15 is 0 Å². The minimum Gasteiger partial charge on any atom is -0.453 e. The van der Waals surface area contributed by atoms with Gasteiger partial charge in [0.05, 0.1) is 13.7 Å². The molecule has 7 heteroatoms. The van der Waals surface area contributed by atoms with Crippen molar-refractivity contribution < 1.29 is 28.6 Å². The van der Waals surface area contributed by atoms with E-state index in [1.54, 1.807) is 4.90 Å². The molecule has 0 bridgehead atoms. The maximum Gasteiger partial charge on any atom is 0.516 e. The van der Waals surface area contributed by atoms with Gasteiger partial charge in [-0.2, -0.15) is 0 Å². The first kappa shape index (κ1) is 17.3. The normalized spacial score (nSPS) is 15.7. The fourth-order valence-electron chi connectivity index (χ4n) is 2.08. The van der Waals surface area contributed by atoms with Gasteiger partial charge < -0.3 is 19.1 Å². The van der Waals surface area contributed by atoms with Gasteiger partial charge in [0.2, 0.25) is 0 Å². The van der Waals surface area contributed by atoms with E-state index in [2.05, 4.69) is 9.47 Å². The van der Waals surface area contributed by atoms with Crippen molar-refractivity contribution in [1.82, 2.24) is 4.90 Å². The van der Waals surface area contributed by atoms with Crippen LogP contribution in [0.4, 0.5) is 9.59 Å². The molecule has 1 saturated heterocycles. The maximum absolute atomic E-state index is 11.6. The minimum atomic E-state index is -0.944. The highest BCUT2D eigenvalue weighted by molar-refractivity contribution is 5.81. The van der Waals surface area contributed by atoms with E-state index in [0.29, 0.717) is 25.9 Å². The molecule has 0 aromatic heterocycles. The van der Waals surface area contributed by atoms with Crippen LogP contribution in [-0.4, -0.2) is 49.9 Å². The second kappa shape index (κ2) is 8.49. The number of likely N-dealkylation sites (tertiary alicyclic amines) is 1. The van der Waals surface area contributed by atoms with E-state index in [1.165, 1.54) is 7.11 Å². The fourth-order valence-corrected chi connectivity index (χ4v) is 2.08. The molecule has 0 aromatic rings. The van der Waals surface area contributed by atoms with E-state index < -0.39 is 12.1 Å². The van der Waals surface area contributed by atoms with Crippen molar-refractivity contribution in [2.24, 2.45) is 11.8 Å². The zero-order chi connectivity index (χ0) is 15.8. The van der Waals surface area contributed by atoms with Crippen molar-refractivity contribution in [2.45, 2.75) is 33.1 Å². The number of amides is 1. The topological polar surface area (TPSA) is 82.1 Å². The van der Waals surface area contributed by atoms with Crippen LogP contribution < -0.4 is 0 Å². The molecule has 1 heterocycles. The summed E-state index contributed by atoms with van der Waals surface area (Å²) in [6.07, 6.45) is 0.233. The van der Waals surface area contributed by atoms with Crippen molar-refractivity contribution in [3.05, 3.63) is 0 Å². The third kappa shape index (κ3) is 6.46. The molecule has 0 unspecified atom stereocenters. The molecule has 21 heavy (non-hydrogen) atoms. The molecule has 1 amide bonds. The molecule has 1 fully saturated rings. The number of methoxy groups -OCH3 is 1. The predicted octanol–water partition coefficient (Wildman–Crippen LogP) is 2.19. The Morgan fingerprint density at radius 2 is 1.81 bits per heavy atom. The molecule has 0 aromatic carbocycles. The highest BCUT2D eigenvalue weighted by Gasteiger charge is 2.26. The number of rotatable bonds is 4. The van der Waals surface area contributed by atoms with E-state index in [0.717, 1.165) is 0 Å². The quantitative estimate of drug-likeness (QED) is 0.585. The lowest BCUT2D eigenvalue weighted by atomic mass is 9.94. The number of carbonyl (C=O) groups excluding carboxylic acids is 3. The molecule has 0 saturated carbocycles. The number of esters is 1. The van der Waals surface area contributed by atoms with Gasteiger partial charge in [0.15, 0.2) is 0 Å². The van der Waals surface area contributed by atoms with E-state index in [-0.39, 0.29) is 31.0 Å². The summed E-state index contributed by atoms with van der Waals surface area (Å²) in [6.45, 7) is 5.10. The zero-order valence-corrected chi connectivity index (χ0v) is 12.8. The lowest BCUT2D eigenvalue weighted by Crippen LogP contribution is -2.38. The highest BCUT2D eigenvalue weighted by atomic mass is 16.7.